The van der Waals surface area contributed by atoms with Gasteiger partial charge in [-0.15, -0.1) is 0 Å². The number of sulfone groups is 1. The Bertz CT molecular complexity index is 1360. The van der Waals surface area contributed by atoms with E-state index in [0.717, 1.165) is 18.4 Å². The Morgan fingerprint density at radius 2 is 1.69 bits per heavy atom. The molecular formula is C25H26N4O5S2. The van der Waals surface area contributed by atoms with Crippen molar-refractivity contribution in [1.29, 1.82) is 5.26 Å². The van der Waals surface area contributed by atoms with Gasteiger partial charge < -0.3 is 9.47 Å². The summed E-state index contributed by atoms with van der Waals surface area (Å²) in [5, 5.41) is 11.4. The van der Waals surface area contributed by atoms with Gasteiger partial charge in [0.1, 0.15) is 36.4 Å². The van der Waals surface area contributed by atoms with Gasteiger partial charge in [-0.1, -0.05) is 38.1 Å². The van der Waals surface area contributed by atoms with E-state index in [1.807, 2.05) is 18.2 Å². The van der Waals surface area contributed by atoms with E-state index in [-0.39, 0.29) is 15.9 Å². The largest absolute Gasteiger partial charge is 0.490 e. The van der Waals surface area contributed by atoms with Crippen molar-refractivity contribution < 1.29 is 22.7 Å². The maximum Gasteiger partial charge on any atom is 0.268 e. The Morgan fingerprint density at radius 1 is 1.11 bits per heavy atom. The van der Waals surface area contributed by atoms with E-state index in [4.69, 9.17) is 9.47 Å². The Morgan fingerprint density at radius 3 is 2.19 bits per heavy atom. The third-order valence-electron chi connectivity index (χ3n) is 5.20. The van der Waals surface area contributed by atoms with Gasteiger partial charge in [-0.05, 0) is 53.8 Å². The number of amides is 1. The van der Waals surface area contributed by atoms with Crippen LogP contribution in [0.25, 0.3) is 6.08 Å². The summed E-state index contributed by atoms with van der Waals surface area (Å²) in [4.78, 5) is 16.1. The molecule has 1 unspecified atom stereocenters. The number of carbonyl (C=O) groups excluding carboxylic acids is 1. The number of hydrogen-bond acceptors (Lipinski definition) is 9. The molecular weight excluding hydrogens is 500 g/mol. The Labute approximate surface area is 214 Å². The molecule has 0 saturated carbocycles. The molecule has 1 amide bonds. The molecule has 1 atom stereocenters. The van der Waals surface area contributed by atoms with Crippen molar-refractivity contribution in [1.82, 2.24) is 9.36 Å². The van der Waals surface area contributed by atoms with Gasteiger partial charge in [0.05, 0.1) is 0 Å². The number of nitrogens with zero attached hydrogens (tertiary/aromatic N) is 3. The fourth-order valence-electron chi connectivity index (χ4n) is 3.00. The zero-order chi connectivity index (χ0) is 26.1. The zero-order valence-electron chi connectivity index (χ0n) is 20.1. The number of hydrogen-bond donors (Lipinski definition) is 1. The SMILES string of the molecule is CCC(C)c1ccc(OCCOc2ccc(C=C(C#N)C(=O)Nc3nc(S(C)(=O)=O)ns3)cc2)cc1. The van der Waals surface area contributed by atoms with Crippen LogP contribution in [-0.2, 0) is 14.6 Å². The van der Waals surface area contributed by atoms with Crippen LogP contribution < -0.4 is 14.8 Å². The summed E-state index contributed by atoms with van der Waals surface area (Å²) in [7, 11) is -3.59. The number of carbonyl (C=O) groups is 1. The summed E-state index contributed by atoms with van der Waals surface area (Å²) < 4.78 is 38.0. The summed E-state index contributed by atoms with van der Waals surface area (Å²) in [6.45, 7) is 5.09. The van der Waals surface area contributed by atoms with E-state index in [0.29, 0.717) is 42.0 Å². The van der Waals surface area contributed by atoms with Gasteiger partial charge in [-0.2, -0.15) is 14.6 Å². The summed E-state index contributed by atoms with van der Waals surface area (Å²) >= 11 is 0.716. The average Bonchev–Trinajstić information content (AvgIpc) is 3.35. The van der Waals surface area contributed by atoms with Gasteiger partial charge in [-0.25, -0.2) is 8.42 Å². The lowest BCUT2D eigenvalue weighted by atomic mass is 9.99. The van der Waals surface area contributed by atoms with Crippen molar-refractivity contribution in [3.8, 4) is 17.6 Å². The van der Waals surface area contributed by atoms with E-state index >= 15 is 0 Å². The van der Waals surface area contributed by atoms with E-state index in [1.54, 1.807) is 24.3 Å². The number of rotatable bonds is 11. The Kier molecular flexibility index (Phi) is 9.16. The van der Waals surface area contributed by atoms with Crippen LogP contribution in [-0.4, -0.2) is 43.2 Å². The number of nitriles is 1. The van der Waals surface area contributed by atoms with Gasteiger partial charge in [0.25, 0.3) is 11.1 Å². The third-order valence-corrected chi connectivity index (χ3v) is 6.79. The van der Waals surface area contributed by atoms with Crippen LogP contribution in [0.1, 0.15) is 37.3 Å². The summed E-state index contributed by atoms with van der Waals surface area (Å²) in [6, 6.07) is 16.8. The molecule has 0 aliphatic rings. The van der Waals surface area contributed by atoms with E-state index in [1.165, 1.54) is 11.6 Å². The molecule has 0 fully saturated rings. The maximum atomic E-state index is 12.4. The second-order valence-electron chi connectivity index (χ2n) is 7.92. The average molecular weight is 527 g/mol. The molecule has 2 aromatic carbocycles. The van der Waals surface area contributed by atoms with Gasteiger partial charge in [-0.3, -0.25) is 10.1 Å². The molecule has 0 aliphatic heterocycles. The van der Waals surface area contributed by atoms with Crippen molar-refractivity contribution >= 4 is 38.5 Å². The molecule has 3 aromatic rings. The monoisotopic (exact) mass is 526 g/mol. The minimum Gasteiger partial charge on any atom is -0.490 e. The minimum atomic E-state index is -3.59. The number of benzene rings is 2. The van der Waals surface area contributed by atoms with Crippen LogP contribution in [0.4, 0.5) is 5.13 Å². The highest BCUT2D eigenvalue weighted by molar-refractivity contribution is 7.90. The van der Waals surface area contributed by atoms with Crippen molar-refractivity contribution in [2.24, 2.45) is 0 Å². The topological polar surface area (TPSA) is 131 Å². The van der Waals surface area contributed by atoms with Crippen molar-refractivity contribution in [3.05, 3.63) is 65.2 Å². The fraction of sp³-hybridized carbons (Fsp3) is 0.280. The van der Waals surface area contributed by atoms with Crippen molar-refractivity contribution in [2.75, 3.05) is 24.8 Å². The Balaban J connectivity index is 1.50. The molecule has 1 aromatic heterocycles. The van der Waals surface area contributed by atoms with Crippen molar-refractivity contribution in [3.63, 3.8) is 0 Å². The number of ether oxygens (including phenoxy) is 2. The lowest BCUT2D eigenvalue weighted by molar-refractivity contribution is -0.112. The van der Waals surface area contributed by atoms with Gasteiger partial charge in [0, 0.05) is 17.8 Å². The summed E-state index contributed by atoms with van der Waals surface area (Å²) in [6.07, 6.45) is 3.46. The van der Waals surface area contributed by atoms with Gasteiger partial charge >= 0.3 is 0 Å². The first-order valence-electron chi connectivity index (χ1n) is 11.1. The highest BCUT2D eigenvalue weighted by Crippen LogP contribution is 2.22. The highest BCUT2D eigenvalue weighted by Gasteiger charge is 2.17. The molecule has 3 rings (SSSR count). The first kappa shape index (κ1) is 26.8. The van der Waals surface area contributed by atoms with Crippen LogP contribution in [0.2, 0.25) is 0 Å². The predicted molar refractivity (Wildman–Crippen MR) is 138 cm³/mol. The molecule has 0 saturated heterocycles. The van der Waals surface area contributed by atoms with Crippen LogP contribution in [0, 0.1) is 11.3 Å². The normalized spacial score (nSPS) is 12.4. The zero-order valence-corrected chi connectivity index (χ0v) is 21.7. The lowest BCUT2D eigenvalue weighted by Crippen LogP contribution is -2.13. The maximum absolute atomic E-state index is 12.4. The van der Waals surface area contributed by atoms with Crippen molar-refractivity contribution in [2.45, 2.75) is 31.3 Å². The van der Waals surface area contributed by atoms with Crippen LogP contribution in [0.5, 0.6) is 11.5 Å². The third kappa shape index (κ3) is 7.63. The molecule has 188 valence electrons. The number of nitrogens with one attached hydrogen (secondary N) is 1. The second kappa shape index (κ2) is 12.3. The predicted octanol–water partition coefficient (Wildman–Crippen LogP) is 4.46. The highest BCUT2D eigenvalue weighted by atomic mass is 32.2. The fourth-order valence-corrected chi connectivity index (χ4v) is 4.44. The molecule has 0 spiro atoms. The van der Waals surface area contributed by atoms with E-state index in [9.17, 15) is 18.5 Å². The minimum absolute atomic E-state index is 0.0148. The standard InChI is InChI=1S/C25H26N4O5S2/c1-4-17(2)19-7-11-22(12-8-19)34-14-13-33-21-9-5-18(6-10-21)15-20(16-26)23(30)27-24-28-25(29-35-24)36(3,31)32/h5-12,15,17H,4,13-14H2,1-3H3,(H,27,28,29,30). The lowest BCUT2D eigenvalue weighted by Gasteiger charge is -2.11. The molecule has 0 radical (unpaired) electrons. The smallest absolute Gasteiger partial charge is 0.268 e. The molecule has 9 nitrogen and oxygen atoms in total. The number of anilines is 1. The first-order valence-corrected chi connectivity index (χ1v) is 13.8. The van der Waals surface area contributed by atoms with Crippen LogP contribution in [0.3, 0.4) is 0 Å². The quantitative estimate of drug-likeness (QED) is 0.220. The summed E-state index contributed by atoms with van der Waals surface area (Å²) in [5.41, 5.74) is 1.72. The molecule has 1 heterocycles. The Hall–Kier alpha value is -3.75. The van der Waals surface area contributed by atoms with E-state index in [2.05, 4.69) is 40.7 Å². The van der Waals surface area contributed by atoms with Crippen LogP contribution in [0.15, 0.2) is 59.3 Å². The van der Waals surface area contributed by atoms with E-state index < -0.39 is 15.7 Å². The van der Waals surface area contributed by atoms with Gasteiger partial charge in [0.15, 0.2) is 0 Å². The number of aromatic nitrogens is 2. The molecule has 36 heavy (non-hydrogen) atoms. The summed E-state index contributed by atoms with van der Waals surface area (Å²) in [5.74, 6) is 1.20. The molecule has 1 N–H and O–H groups in total. The first-order chi connectivity index (χ1) is 17.2. The second-order valence-corrected chi connectivity index (χ2v) is 10.6. The van der Waals surface area contributed by atoms with Gasteiger partial charge in [0.2, 0.25) is 15.0 Å². The molecule has 0 bridgehead atoms. The molecule has 0 aliphatic carbocycles. The van der Waals surface area contributed by atoms with Crippen LogP contribution >= 0.6 is 11.5 Å². The molecule has 11 heteroatoms.